The summed E-state index contributed by atoms with van der Waals surface area (Å²) < 4.78 is 1.03. The van der Waals surface area contributed by atoms with Crippen LogP contribution in [-0.4, -0.2) is 26.8 Å². The summed E-state index contributed by atoms with van der Waals surface area (Å²) in [7, 11) is 0. The van der Waals surface area contributed by atoms with Gasteiger partial charge in [0.2, 0.25) is 0 Å². The lowest BCUT2D eigenvalue weighted by Crippen LogP contribution is -2.14. The van der Waals surface area contributed by atoms with Gasteiger partial charge in [0.25, 0.3) is 0 Å². The molecule has 0 atom stereocenters. The molecule has 7 nitrogen and oxygen atoms in total. The molecule has 2 N–H and O–H groups in total. The highest BCUT2D eigenvalue weighted by Crippen LogP contribution is 1.71. The van der Waals surface area contributed by atoms with Gasteiger partial charge in [-0.3, -0.25) is 10.3 Å². The highest BCUT2D eigenvalue weighted by molar-refractivity contribution is 5.15. The molecule has 0 saturated carbocycles. The Hall–Kier alpha value is -1.63. The number of nitrogens with zero attached hydrogens (tertiary/aromatic N) is 3. The van der Waals surface area contributed by atoms with Gasteiger partial charge in [0.1, 0.15) is 0 Å². The summed E-state index contributed by atoms with van der Waals surface area (Å²) in [5, 5.41) is 8.84. The monoisotopic (exact) mass is 171 g/mol. The lowest BCUT2D eigenvalue weighted by Gasteiger charge is -1.94. The zero-order valence-electron chi connectivity index (χ0n) is 6.52. The molecule has 0 aromatic carbocycles. The van der Waals surface area contributed by atoms with Crippen molar-refractivity contribution < 1.29 is 4.84 Å². The van der Waals surface area contributed by atoms with E-state index in [1.807, 2.05) is 6.92 Å². The Kier molecular flexibility index (Phi) is 3.03. The van der Waals surface area contributed by atoms with Crippen LogP contribution in [0.2, 0.25) is 0 Å². The lowest BCUT2D eigenvalue weighted by molar-refractivity contribution is 0.0829. The third kappa shape index (κ3) is 2.20. The fraction of sp³-hybridized carbons (Fsp3) is 0.400. The molecule has 12 heavy (non-hydrogen) atoms. The first-order chi connectivity index (χ1) is 5.84. The van der Waals surface area contributed by atoms with E-state index >= 15 is 0 Å². The number of hydroxylamine groups is 1. The summed E-state index contributed by atoms with van der Waals surface area (Å²) in [6, 6.07) is 0. The Balaban J connectivity index is 2.46. The van der Waals surface area contributed by atoms with Crippen LogP contribution >= 0.6 is 0 Å². The molecule has 0 unspecified atom stereocenters. The second-order valence-electron chi connectivity index (χ2n) is 1.82. The minimum atomic E-state index is -0.399. The van der Waals surface area contributed by atoms with Gasteiger partial charge >= 0.3 is 5.69 Å². The van der Waals surface area contributed by atoms with E-state index in [1.54, 1.807) is 0 Å². The number of tetrazole rings is 1. The molecule has 66 valence electrons. The minimum Gasteiger partial charge on any atom is -0.277 e. The summed E-state index contributed by atoms with van der Waals surface area (Å²) >= 11 is 0. The molecule has 0 bridgehead atoms. The van der Waals surface area contributed by atoms with Crippen LogP contribution in [0.15, 0.2) is 11.0 Å². The number of rotatable bonds is 4. The van der Waals surface area contributed by atoms with Gasteiger partial charge in [0, 0.05) is 6.20 Å². The molecule has 1 aromatic rings. The molecule has 7 heteroatoms. The Morgan fingerprint density at radius 2 is 2.67 bits per heavy atom. The Labute approximate surface area is 68.0 Å². The van der Waals surface area contributed by atoms with E-state index in [0.717, 1.165) is 4.68 Å². The average Bonchev–Trinajstić information content (AvgIpc) is 2.46. The van der Waals surface area contributed by atoms with Crippen LogP contribution in [0, 0.1) is 0 Å². The summed E-state index contributed by atoms with van der Waals surface area (Å²) in [5.74, 6) is 0. The second-order valence-corrected chi connectivity index (χ2v) is 1.82. The number of hydrogen-bond donors (Lipinski definition) is 2. The van der Waals surface area contributed by atoms with Crippen molar-refractivity contribution in [3.05, 3.63) is 16.7 Å². The van der Waals surface area contributed by atoms with Crippen LogP contribution in [0.3, 0.4) is 0 Å². The van der Waals surface area contributed by atoms with Gasteiger partial charge in [0.05, 0.1) is 12.8 Å². The average molecular weight is 171 g/mol. The molecule has 0 aliphatic rings. The van der Waals surface area contributed by atoms with E-state index in [4.69, 9.17) is 4.84 Å². The van der Waals surface area contributed by atoms with Crippen molar-refractivity contribution in [1.82, 2.24) is 25.7 Å². The molecular formula is C5H9N5O2. The molecule has 0 aliphatic heterocycles. The number of hydrogen-bond acceptors (Lipinski definition) is 5. The predicted molar refractivity (Wildman–Crippen MR) is 40.7 cm³/mol. The SMILES string of the molecule is CCONC=Cn1nn[nH]c1=O. The highest BCUT2D eigenvalue weighted by atomic mass is 16.6. The Morgan fingerprint density at radius 1 is 1.83 bits per heavy atom. The van der Waals surface area contributed by atoms with Crippen molar-refractivity contribution in [2.45, 2.75) is 6.92 Å². The summed E-state index contributed by atoms with van der Waals surface area (Å²) in [4.78, 5) is 15.5. The third-order valence-corrected chi connectivity index (χ3v) is 1.01. The van der Waals surface area contributed by atoms with Crippen molar-refractivity contribution in [2.24, 2.45) is 0 Å². The maximum absolute atomic E-state index is 10.7. The van der Waals surface area contributed by atoms with E-state index in [9.17, 15) is 4.79 Å². The maximum atomic E-state index is 10.7. The van der Waals surface area contributed by atoms with Crippen molar-refractivity contribution in [1.29, 1.82) is 0 Å². The first kappa shape index (κ1) is 8.47. The first-order valence-electron chi connectivity index (χ1n) is 3.38. The quantitative estimate of drug-likeness (QED) is 0.445. The lowest BCUT2D eigenvalue weighted by atomic mass is 10.9. The van der Waals surface area contributed by atoms with E-state index in [1.165, 1.54) is 12.4 Å². The Bertz CT molecular complexity index is 301. The van der Waals surface area contributed by atoms with Crippen LogP contribution in [0.1, 0.15) is 6.92 Å². The largest absolute Gasteiger partial charge is 0.365 e. The third-order valence-electron chi connectivity index (χ3n) is 1.01. The molecule has 0 aliphatic carbocycles. The zero-order chi connectivity index (χ0) is 8.81. The van der Waals surface area contributed by atoms with Gasteiger partial charge in [-0.15, -0.1) is 0 Å². The fourth-order valence-electron chi connectivity index (χ4n) is 0.535. The standard InChI is InChI=1S/C5H9N5O2/c1-2-12-6-3-4-10-5(11)7-8-9-10/h3-4,6H,2H2,1H3,(H,7,9,11). The molecule has 0 spiro atoms. The van der Waals surface area contributed by atoms with Crippen LogP contribution in [0.5, 0.6) is 0 Å². The van der Waals surface area contributed by atoms with Crippen LogP contribution in [0.25, 0.3) is 6.20 Å². The van der Waals surface area contributed by atoms with Crippen LogP contribution in [0.4, 0.5) is 0 Å². The number of aromatic nitrogens is 4. The molecular weight excluding hydrogens is 162 g/mol. The molecule has 1 aromatic heterocycles. The smallest absolute Gasteiger partial charge is 0.277 e. The zero-order valence-corrected chi connectivity index (χ0v) is 6.52. The van der Waals surface area contributed by atoms with Crippen LogP contribution in [-0.2, 0) is 4.84 Å². The second kappa shape index (κ2) is 4.29. The van der Waals surface area contributed by atoms with Gasteiger partial charge in [-0.25, -0.2) is 9.89 Å². The topological polar surface area (TPSA) is 84.8 Å². The maximum Gasteiger partial charge on any atom is 0.365 e. The summed E-state index contributed by atoms with van der Waals surface area (Å²) in [5.41, 5.74) is 2.08. The number of H-pyrrole nitrogens is 1. The van der Waals surface area contributed by atoms with Gasteiger partial charge in [-0.1, -0.05) is 0 Å². The van der Waals surface area contributed by atoms with Gasteiger partial charge < -0.3 is 0 Å². The summed E-state index contributed by atoms with van der Waals surface area (Å²) in [6.07, 6.45) is 2.83. The molecule has 0 radical (unpaired) electrons. The van der Waals surface area contributed by atoms with Gasteiger partial charge in [-0.2, -0.15) is 4.68 Å². The normalized spacial score (nSPS) is 10.8. The van der Waals surface area contributed by atoms with Crippen molar-refractivity contribution in [3.8, 4) is 0 Å². The van der Waals surface area contributed by atoms with Crippen molar-refractivity contribution in [3.63, 3.8) is 0 Å². The molecule has 0 fully saturated rings. The fourth-order valence-corrected chi connectivity index (χ4v) is 0.535. The van der Waals surface area contributed by atoms with Crippen molar-refractivity contribution in [2.75, 3.05) is 6.61 Å². The Morgan fingerprint density at radius 3 is 3.25 bits per heavy atom. The minimum absolute atomic E-state index is 0.399. The van der Waals surface area contributed by atoms with E-state index in [-0.39, 0.29) is 0 Å². The predicted octanol–water partition coefficient (Wildman–Crippen LogP) is -1.06. The summed E-state index contributed by atoms with van der Waals surface area (Å²) in [6.45, 7) is 2.38. The number of aromatic amines is 1. The molecule has 1 heterocycles. The van der Waals surface area contributed by atoms with Crippen LogP contribution < -0.4 is 11.2 Å². The van der Waals surface area contributed by atoms with E-state index in [2.05, 4.69) is 21.0 Å². The molecule has 0 amide bonds. The van der Waals surface area contributed by atoms with E-state index < -0.39 is 5.69 Å². The number of nitrogens with one attached hydrogen (secondary N) is 2. The van der Waals surface area contributed by atoms with Gasteiger partial charge in [-0.05, 0) is 17.4 Å². The first-order valence-corrected chi connectivity index (χ1v) is 3.38. The molecule has 1 rings (SSSR count). The van der Waals surface area contributed by atoms with E-state index in [0.29, 0.717) is 6.61 Å². The van der Waals surface area contributed by atoms with Gasteiger partial charge in [0.15, 0.2) is 0 Å². The highest BCUT2D eigenvalue weighted by Gasteiger charge is 1.90. The van der Waals surface area contributed by atoms with Crippen molar-refractivity contribution >= 4 is 6.20 Å². The molecule has 0 saturated heterocycles.